The summed E-state index contributed by atoms with van der Waals surface area (Å²) in [7, 11) is 1.61. The topological polar surface area (TPSA) is 37.6 Å². The maximum absolute atomic E-state index is 6.23. The minimum atomic E-state index is 0. The first-order chi connectivity index (χ1) is 14.2. The summed E-state index contributed by atoms with van der Waals surface area (Å²) in [5.74, 6) is 2.44. The number of furan rings is 1. The number of ether oxygens (including phenoxy) is 1. The summed E-state index contributed by atoms with van der Waals surface area (Å²) in [6.07, 6.45) is 2.32. The molecule has 3 aromatic rings. The molecular weight excluding hydrogens is 455 g/mol. The summed E-state index contributed by atoms with van der Waals surface area (Å²) in [5, 5.41) is 4.24. The van der Waals surface area contributed by atoms with E-state index < -0.39 is 0 Å². The molecule has 1 aliphatic heterocycles. The molecule has 0 amide bonds. The maximum Gasteiger partial charge on any atom is 0.137 e. The smallest absolute Gasteiger partial charge is 0.137 e. The third kappa shape index (κ3) is 6.90. The third-order valence-electron chi connectivity index (χ3n) is 5.50. The lowest BCUT2D eigenvalue weighted by Crippen LogP contribution is -2.41. The number of hydrogen-bond donors (Lipinski definition) is 1. The summed E-state index contributed by atoms with van der Waals surface area (Å²) >= 11 is 6.23. The van der Waals surface area contributed by atoms with E-state index in [-0.39, 0.29) is 24.8 Å². The third-order valence-corrected chi connectivity index (χ3v) is 5.79. The van der Waals surface area contributed by atoms with Gasteiger partial charge in [0.15, 0.2) is 0 Å². The molecule has 0 atom stereocenters. The fourth-order valence-corrected chi connectivity index (χ4v) is 4.09. The highest BCUT2D eigenvalue weighted by Gasteiger charge is 2.19. The van der Waals surface area contributed by atoms with Gasteiger partial charge in [0.25, 0.3) is 0 Å². The van der Waals surface area contributed by atoms with Crippen molar-refractivity contribution < 1.29 is 9.15 Å². The minimum Gasteiger partial charge on any atom is -0.495 e. The van der Waals surface area contributed by atoms with Gasteiger partial charge >= 0.3 is 0 Å². The fraction of sp³-hybridized carbons (Fsp3) is 0.333. The number of halogens is 3. The zero-order valence-corrected chi connectivity index (χ0v) is 19.9. The first kappa shape index (κ1) is 25.6. The van der Waals surface area contributed by atoms with Crippen molar-refractivity contribution in [2.24, 2.45) is 0 Å². The van der Waals surface area contributed by atoms with Crippen LogP contribution >= 0.6 is 36.4 Å². The van der Waals surface area contributed by atoms with E-state index in [0.29, 0.717) is 16.8 Å². The van der Waals surface area contributed by atoms with Crippen LogP contribution in [-0.4, -0.2) is 31.1 Å². The van der Waals surface area contributed by atoms with Crippen LogP contribution in [0.2, 0.25) is 5.02 Å². The Labute approximate surface area is 201 Å². The second-order valence-electron chi connectivity index (χ2n) is 7.53. The number of likely N-dealkylation sites (tertiary alicyclic amines) is 1. The van der Waals surface area contributed by atoms with Crippen molar-refractivity contribution in [1.82, 2.24) is 10.2 Å². The molecule has 1 fully saturated rings. The van der Waals surface area contributed by atoms with Crippen LogP contribution in [0.5, 0.6) is 5.75 Å². The number of nitrogens with one attached hydrogen (secondary N) is 1. The Morgan fingerprint density at radius 3 is 2.45 bits per heavy atom. The first-order valence-corrected chi connectivity index (χ1v) is 10.5. The van der Waals surface area contributed by atoms with E-state index in [1.165, 1.54) is 5.56 Å². The van der Waals surface area contributed by atoms with Gasteiger partial charge in [0.1, 0.15) is 17.3 Å². The van der Waals surface area contributed by atoms with Gasteiger partial charge in [-0.25, -0.2) is 0 Å². The van der Waals surface area contributed by atoms with Crippen LogP contribution in [0.15, 0.2) is 65.1 Å². The Balaban J connectivity index is 0.00000171. The minimum absolute atomic E-state index is 0. The van der Waals surface area contributed by atoms with Gasteiger partial charge in [0, 0.05) is 18.2 Å². The Morgan fingerprint density at radius 2 is 1.77 bits per heavy atom. The highest BCUT2D eigenvalue weighted by Crippen LogP contribution is 2.31. The second kappa shape index (κ2) is 12.4. The van der Waals surface area contributed by atoms with Gasteiger partial charge in [-0.1, -0.05) is 41.9 Å². The molecule has 1 aromatic heterocycles. The normalized spacial score (nSPS) is 14.5. The maximum atomic E-state index is 6.23. The summed E-state index contributed by atoms with van der Waals surface area (Å²) in [4.78, 5) is 2.53. The highest BCUT2D eigenvalue weighted by molar-refractivity contribution is 6.32. The van der Waals surface area contributed by atoms with Crippen LogP contribution in [0, 0.1) is 0 Å². The van der Waals surface area contributed by atoms with Crippen LogP contribution in [0.1, 0.15) is 24.2 Å². The molecule has 1 saturated heterocycles. The van der Waals surface area contributed by atoms with Crippen molar-refractivity contribution in [2.75, 3.05) is 20.2 Å². The van der Waals surface area contributed by atoms with Crippen molar-refractivity contribution in [3.05, 3.63) is 77.0 Å². The van der Waals surface area contributed by atoms with Crippen LogP contribution in [0.4, 0.5) is 0 Å². The number of rotatable bonds is 7. The second-order valence-corrected chi connectivity index (χ2v) is 7.94. The summed E-state index contributed by atoms with van der Waals surface area (Å²) < 4.78 is 11.2. The lowest BCUT2D eigenvalue weighted by molar-refractivity contribution is 0.189. The molecule has 1 aliphatic rings. The number of benzene rings is 2. The van der Waals surface area contributed by atoms with Crippen LogP contribution in [0.3, 0.4) is 0 Å². The number of nitrogens with zero attached hydrogens (tertiary/aromatic N) is 1. The lowest BCUT2D eigenvalue weighted by Gasteiger charge is -2.32. The van der Waals surface area contributed by atoms with E-state index >= 15 is 0 Å². The molecule has 2 aromatic carbocycles. The van der Waals surface area contributed by atoms with Crippen LogP contribution < -0.4 is 10.1 Å². The van der Waals surface area contributed by atoms with Crippen molar-refractivity contribution >= 4 is 36.4 Å². The van der Waals surface area contributed by atoms with Crippen molar-refractivity contribution in [3.63, 3.8) is 0 Å². The average Bonchev–Trinajstić information content (AvgIpc) is 3.23. The van der Waals surface area contributed by atoms with Gasteiger partial charge < -0.3 is 14.5 Å². The van der Waals surface area contributed by atoms with Gasteiger partial charge in [-0.05, 0) is 61.8 Å². The Morgan fingerprint density at radius 1 is 1.03 bits per heavy atom. The van der Waals surface area contributed by atoms with Gasteiger partial charge in [0.2, 0.25) is 0 Å². The largest absolute Gasteiger partial charge is 0.495 e. The molecule has 4 nitrogen and oxygen atoms in total. The Hall–Kier alpha value is -1.69. The summed E-state index contributed by atoms with van der Waals surface area (Å²) in [5.41, 5.74) is 2.34. The van der Waals surface area contributed by atoms with Gasteiger partial charge in [0.05, 0.1) is 18.7 Å². The number of hydrogen-bond acceptors (Lipinski definition) is 4. The van der Waals surface area contributed by atoms with Gasteiger partial charge in [-0.15, -0.1) is 24.8 Å². The zero-order valence-electron chi connectivity index (χ0n) is 17.6. The number of methoxy groups -OCH3 is 1. The van der Waals surface area contributed by atoms with Crippen LogP contribution in [-0.2, 0) is 13.1 Å². The van der Waals surface area contributed by atoms with E-state index in [4.69, 9.17) is 20.8 Å². The molecule has 4 rings (SSSR count). The van der Waals surface area contributed by atoms with Gasteiger partial charge in [-0.3, -0.25) is 4.90 Å². The lowest BCUT2D eigenvalue weighted by atomic mass is 10.0. The average molecular weight is 484 g/mol. The van der Waals surface area contributed by atoms with Crippen molar-refractivity contribution in [3.8, 4) is 17.1 Å². The van der Waals surface area contributed by atoms with E-state index in [1.54, 1.807) is 7.11 Å². The summed E-state index contributed by atoms with van der Waals surface area (Å²) in [6, 6.07) is 21.0. The zero-order chi connectivity index (χ0) is 20.1. The predicted molar refractivity (Wildman–Crippen MR) is 132 cm³/mol. The fourth-order valence-electron chi connectivity index (χ4n) is 3.83. The standard InChI is InChI=1S/C24H27ClN2O2.2ClH/c1-28-24-9-7-19(15-22(24)25)23-10-8-21(29-23)16-26-20-11-13-27(14-12-20)17-18-5-3-2-4-6-18;;/h2-10,15,20,26H,11-14,16-17H2,1H3;2*1H. The van der Waals surface area contributed by atoms with E-state index in [2.05, 4.69) is 40.5 Å². The SMILES string of the molecule is COc1ccc(-c2ccc(CNC3CCN(Cc4ccccc4)CC3)o2)cc1Cl.Cl.Cl. The Bertz CT molecular complexity index is 926. The molecule has 2 heterocycles. The first-order valence-electron chi connectivity index (χ1n) is 10.1. The van der Waals surface area contributed by atoms with Gasteiger partial charge in [-0.2, -0.15) is 0 Å². The Kier molecular flexibility index (Phi) is 10.2. The molecule has 0 radical (unpaired) electrons. The monoisotopic (exact) mass is 482 g/mol. The highest BCUT2D eigenvalue weighted by atomic mass is 35.5. The molecule has 0 unspecified atom stereocenters. The van der Waals surface area contributed by atoms with Crippen molar-refractivity contribution in [1.29, 1.82) is 0 Å². The van der Waals surface area contributed by atoms with Crippen molar-refractivity contribution in [2.45, 2.75) is 32.0 Å². The number of piperidine rings is 1. The molecular formula is C24H29Cl3N2O2. The predicted octanol–water partition coefficient (Wildman–Crippen LogP) is 6.21. The molecule has 0 spiro atoms. The summed E-state index contributed by atoms with van der Waals surface area (Å²) in [6.45, 7) is 4.04. The molecule has 1 N–H and O–H groups in total. The van der Waals surface area contributed by atoms with E-state index in [9.17, 15) is 0 Å². The molecule has 31 heavy (non-hydrogen) atoms. The molecule has 168 valence electrons. The van der Waals surface area contributed by atoms with E-state index in [0.717, 1.165) is 56.1 Å². The van der Waals surface area contributed by atoms with E-state index in [1.807, 2.05) is 30.3 Å². The van der Waals surface area contributed by atoms with Crippen LogP contribution in [0.25, 0.3) is 11.3 Å². The molecule has 0 bridgehead atoms. The quantitative estimate of drug-likeness (QED) is 0.434. The molecule has 7 heteroatoms. The molecule has 0 aliphatic carbocycles. The molecule has 0 saturated carbocycles.